The van der Waals surface area contributed by atoms with Crippen molar-refractivity contribution in [1.29, 1.82) is 0 Å². The molecule has 0 unspecified atom stereocenters. The van der Waals surface area contributed by atoms with Gasteiger partial charge in [-0.05, 0) is 36.4 Å². The lowest BCUT2D eigenvalue weighted by Crippen LogP contribution is -2.35. The summed E-state index contributed by atoms with van der Waals surface area (Å²) in [6, 6.07) is 11.6. The van der Waals surface area contributed by atoms with Crippen LogP contribution in [0.25, 0.3) is 5.57 Å². The van der Waals surface area contributed by atoms with Gasteiger partial charge in [-0.2, -0.15) is 0 Å². The van der Waals surface area contributed by atoms with E-state index in [-0.39, 0.29) is 28.8 Å². The van der Waals surface area contributed by atoms with Crippen molar-refractivity contribution in [3.63, 3.8) is 0 Å². The topological polar surface area (TPSA) is 55.8 Å². The van der Waals surface area contributed by atoms with Gasteiger partial charge in [0.25, 0.3) is 11.8 Å². The summed E-state index contributed by atoms with van der Waals surface area (Å²) in [4.78, 5) is 26.1. The van der Waals surface area contributed by atoms with Crippen LogP contribution in [0.3, 0.4) is 0 Å². The summed E-state index contributed by atoms with van der Waals surface area (Å²) in [6.07, 6.45) is 0. The second-order valence-electron chi connectivity index (χ2n) is 5.60. The van der Waals surface area contributed by atoms with Gasteiger partial charge in [-0.25, -0.2) is 0 Å². The maximum Gasteiger partial charge on any atom is 0.273 e. The van der Waals surface area contributed by atoms with Gasteiger partial charge in [0, 0.05) is 10.6 Å². The van der Waals surface area contributed by atoms with Gasteiger partial charge in [0.05, 0.1) is 24.3 Å². The number of hydrogen-bond donors (Lipinski definition) is 0. The molecule has 8 heteroatoms. The van der Waals surface area contributed by atoms with E-state index in [0.29, 0.717) is 22.1 Å². The molecule has 5 nitrogen and oxygen atoms in total. The van der Waals surface area contributed by atoms with Crippen LogP contribution in [0.5, 0.6) is 11.5 Å². The molecule has 27 heavy (non-hydrogen) atoms. The van der Waals surface area contributed by atoms with E-state index in [9.17, 15) is 9.59 Å². The lowest BCUT2D eigenvalue weighted by atomic mass is 10.1. The molecule has 2 aromatic rings. The number of carbonyl (C=O) groups is 2. The smallest absolute Gasteiger partial charge is 0.273 e. The third-order valence-electron chi connectivity index (χ3n) is 3.95. The average molecular weight is 427 g/mol. The zero-order chi connectivity index (χ0) is 19.6. The first-order chi connectivity index (χ1) is 12.9. The Balaban J connectivity index is 1.69. The van der Waals surface area contributed by atoms with Gasteiger partial charge in [0.2, 0.25) is 0 Å². The third kappa shape index (κ3) is 4.05. The molecule has 0 saturated carbocycles. The number of rotatable bonds is 6. The van der Waals surface area contributed by atoms with Gasteiger partial charge in [-0.3, -0.25) is 14.5 Å². The number of carbonyl (C=O) groups excluding carboxylic acids is 2. The van der Waals surface area contributed by atoms with Gasteiger partial charge >= 0.3 is 0 Å². The van der Waals surface area contributed by atoms with Crippen molar-refractivity contribution in [2.24, 2.45) is 0 Å². The minimum atomic E-state index is -0.582. The Bertz CT molecular complexity index is 925. The Labute approximate surface area is 171 Å². The highest BCUT2D eigenvalue weighted by atomic mass is 35.5. The molecule has 0 N–H and O–H groups in total. The minimum Gasteiger partial charge on any atom is -0.497 e. The van der Waals surface area contributed by atoms with Crippen LogP contribution in [0, 0.1) is 0 Å². The number of halogens is 3. The van der Waals surface area contributed by atoms with E-state index in [2.05, 4.69) is 0 Å². The van der Waals surface area contributed by atoms with Crippen LogP contribution < -0.4 is 9.47 Å². The van der Waals surface area contributed by atoms with Crippen molar-refractivity contribution < 1.29 is 19.1 Å². The van der Waals surface area contributed by atoms with Crippen molar-refractivity contribution in [3.8, 4) is 11.5 Å². The fraction of sp³-hybridized carbons (Fsp3) is 0.158. The first-order valence-corrected chi connectivity index (χ1v) is 9.04. The Morgan fingerprint density at radius 1 is 0.926 bits per heavy atom. The van der Waals surface area contributed by atoms with Crippen LogP contribution in [-0.4, -0.2) is 37.0 Å². The molecule has 2 amide bonds. The van der Waals surface area contributed by atoms with E-state index >= 15 is 0 Å². The van der Waals surface area contributed by atoms with Crippen LogP contribution >= 0.6 is 34.8 Å². The monoisotopic (exact) mass is 425 g/mol. The van der Waals surface area contributed by atoms with Gasteiger partial charge in [-0.1, -0.05) is 40.9 Å². The van der Waals surface area contributed by atoms with Gasteiger partial charge in [0.15, 0.2) is 0 Å². The van der Waals surface area contributed by atoms with Crippen molar-refractivity contribution in [1.82, 2.24) is 4.90 Å². The second kappa shape index (κ2) is 8.21. The van der Waals surface area contributed by atoms with Crippen LogP contribution in [0.2, 0.25) is 10.0 Å². The predicted octanol–water partition coefficient (Wildman–Crippen LogP) is 4.40. The molecule has 0 radical (unpaired) electrons. The molecule has 1 heterocycles. The lowest BCUT2D eigenvalue weighted by molar-refractivity contribution is -0.137. The Morgan fingerprint density at radius 3 is 2.22 bits per heavy atom. The Morgan fingerprint density at radius 2 is 1.59 bits per heavy atom. The Hall–Kier alpha value is -2.21. The molecule has 0 saturated heterocycles. The van der Waals surface area contributed by atoms with E-state index in [1.54, 1.807) is 43.5 Å². The molecule has 0 spiro atoms. The van der Waals surface area contributed by atoms with Crippen molar-refractivity contribution in [2.75, 3.05) is 20.3 Å². The van der Waals surface area contributed by atoms with Crippen molar-refractivity contribution in [2.45, 2.75) is 0 Å². The number of ether oxygens (including phenoxy) is 2. The maximum absolute atomic E-state index is 12.7. The Kier molecular flexibility index (Phi) is 5.95. The summed E-state index contributed by atoms with van der Waals surface area (Å²) >= 11 is 18.1. The molecule has 1 aliphatic rings. The normalized spacial score (nSPS) is 14.1. The van der Waals surface area contributed by atoms with Crippen LogP contribution in [0.1, 0.15) is 5.56 Å². The zero-order valence-electron chi connectivity index (χ0n) is 14.2. The van der Waals surface area contributed by atoms with E-state index in [4.69, 9.17) is 44.3 Å². The van der Waals surface area contributed by atoms with E-state index in [1.807, 2.05) is 0 Å². The molecule has 3 rings (SSSR count). The fourth-order valence-corrected chi connectivity index (χ4v) is 3.39. The van der Waals surface area contributed by atoms with Gasteiger partial charge in [0.1, 0.15) is 23.1 Å². The zero-order valence-corrected chi connectivity index (χ0v) is 16.4. The van der Waals surface area contributed by atoms with Crippen LogP contribution in [0.4, 0.5) is 0 Å². The van der Waals surface area contributed by atoms with Gasteiger partial charge in [-0.15, -0.1) is 0 Å². The molecule has 0 fully saturated rings. The first kappa shape index (κ1) is 19.5. The number of benzene rings is 2. The lowest BCUT2D eigenvalue weighted by Gasteiger charge is -2.15. The molecule has 140 valence electrons. The summed E-state index contributed by atoms with van der Waals surface area (Å²) in [5.41, 5.74) is 0.427. The van der Waals surface area contributed by atoms with Crippen LogP contribution in [-0.2, 0) is 9.59 Å². The number of imide groups is 1. The van der Waals surface area contributed by atoms with Crippen LogP contribution in [0.15, 0.2) is 47.5 Å². The predicted molar refractivity (Wildman–Crippen MR) is 104 cm³/mol. The number of amides is 2. The molecule has 0 aromatic heterocycles. The SMILES string of the molecule is COc1ccc(OCCN2C(=O)C(Cl)=C(c3ccc(Cl)cc3Cl)C2=O)cc1. The molecular formula is C19H14Cl3NO4. The summed E-state index contributed by atoms with van der Waals surface area (Å²) in [7, 11) is 1.57. The first-order valence-electron chi connectivity index (χ1n) is 7.90. The summed E-state index contributed by atoms with van der Waals surface area (Å²) in [5.74, 6) is 0.191. The molecule has 0 atom stereocenters. The number of methoxy groups -OCH3 is 1. The molecule has 0 aliphatic carbocycles. The highest BCUT2D eigenvalue weighted by Gasteiger charge is 2.38. The van der Waals surface area contributed by atoms with Crippen molar-refractivity contribution in [3.05, 3.63) is 63.1 Å². The summed E-state index contributed by atoms with van der Waals surface area (Å²) < 4.78 is 10.6. The summed E-state index contributed by atoms with van der Waals surface area (Å²) in [6.45, 7) is 0.171. The average Bonchev–Trinajstić information content (AvgIpc) is 2.86. The highest BCUT2D eigenvalue weighted by molar-refractivity contribution is 6.55. The van der Waals surface area contributed by atoms with E-state index in [0.717, 1.165) is 4.90 Å². The van der Waals surface area contributed by atoms with E-state index in [1.165, 1.54) is 6.07 Å². The third-order valence-corrected chi connectivity index (χ3v) is 4.85. The fourth-order valence-electron chi connectivity index (χ4n) is 2.60. The standard InChI is InChI=1S/C19H14Cl3NO4/c1-26-12-3-5-13(6-4-12)27-9-8-23-18(24)16(17(22)19(23)25)14-7-2-11(20)10-15(14)21/h2-7,10H,8-9H2,1H3. The van der Waals surface area contributed by atoms with Gasteiger partial charge < -0.3 is 9.47 Å². The molecule has 2 aromatic carbocycles. The number of hydrogen-bond acceptors (Lipinski definition) is 4. The minimum absolute atomic E-state index is 0.0502. The molecular weight excluding hydrogens is 413 g/mol. The molecule has 0 bridgehead atoms. The second-order valence-corrected chi connectivity index (χ2v) is 6.82. The largest absolute Gasteiger partial charge is 0.497 e. The maximum atomic E-state index is 12.7. The molecule has 1 aliphatic heterocycles. The quantitative estimate of drug-likeness (QED) is 0.643. The van der Waals surface area contributed by atoms with E-state index < -0.39 is 11.8 Å². The highest BCUT2D eigenvalue weighted by Crippen LogP contribution is 2.36. The number of nitrogens with zero attached hydrogens (tertiary/aromatic N) is 1. The summed E-state index contributed by atoms with van der Waals surface area (Å²) in [5, 5.41) is 0.490. The van der Waals surface area contributed by atoms with Crippen molar-refractivity contribution >= 4 is 52.2 Å².